The van der Waals surface area contributed by atoms with Crippen LogP contribution in [-0.4, -0.2) is 67.0 Å². The number of carbonyl (C=O) groups is 1. The molecule has 184 valence electrons. The highest BCUT2D eigenvalue weighted by atomic mass is 32.2. The van der Waals surface area contributed by atoms with Crippen LogP contribution in [0.4, 0.5) is 0 Å². The van der Waals surface area contributed by atoms with Crippen molar-refractivity contribution >= 4 is 15.9 Å². The summed E-state index contributed by atoms with van der Waals surface area (Å²) in [5, 5.41) is 4.12. The van der Waals surface area contributed by atoms with Crippen LogP contribution in [0.15, 0.2) is 57.9 Å². The Labute approximate surface area is 204 Å². The maximum Gasteiger partial charge on any atom is 0.257 e. The Hall–Kier alpha value is -3.24. The van der Waals surface area contributed by atoms with Gasteiger partial charge in [0.25, 0.3) is 5.91 Å². The molecule has 1 atom stereocenters. The zero-order chi connectivity index (χ0) is 24.4. The average molecular weight is 497 g/mol. The number of amides is 1. The fourth-order valence-electron chi connectivity index (χ4n) is 4.73. The van der Waals surface area contributed by atoms with Crippen LogP contribution in [-0.2, 0) is 10.0 Å². The van der Waals surface area contributed by atoms with Crippen LogP contribution in [0, 0.1) is 0 Å². The largest absolute Gasteiger partial charge is 0.496 e. The number of hydrogen-bond acceptors (Lipinski definition) is 7. The number of carbonyl (C=O) groups excluding carboxylic acids is 1. The third kappa shape index (κ3) is 4.68. The second-order valence-corrected chi connectivity index (χ2v) is 10.8. The molecule has 0 aliphatic carbocycles. The number of benzene rings is 2. The van der Waals surface area contributed by atoms with E-state index in [1.54, 1.807) is 48.4 Å². The van der Waals surface area contributed by atoms with Gasteiger partial charge in [0.05, 0.1) is 23.5 Å². The molecule has 0 N–H and O–H groups in total. The quantitative estimate of drug-likeness (QED) is 0.514. The summed E-state index contributed by atoms with van der Waals surface area (Å²) < 4.78 is 38.0. The summed E-state index contributed by atoms with van der Waals surface area (Å²) in [5.74, 6) is 1.28. The van der Waals surface area contributed by atoms with Crippen molar-refractivity contribution in [1.82, 2.24) is 19.3 Å². The topological polar surface area (TPSA) is 106 Å². The van der Waals surface area contributed by atoms with Crippen LogP contribution in [0.2, 0.25) is 0 Å². The molecule has 0 spiro atoms. The van der Waals surface area contributed by atoms with E-state index in [9.17, 15) is 13.2 Å². The van der Waals surface area contributed by atoms with Crippen molar-refractivity contribution in [3.05, 3.63) is 60.0 Å². The summed E-state index contributed by atoms with van der Waals surface area (Å²) in [6.07, 6.45) is 3.45. The summed E-state index contributed by atoms with van der Waals surface area (Å²) in [6, 6.07) is 13.8. The van der Waals surface area contributed by atoms with E-state index >= 15 is 0 Å². The van der Waals surface area contributed by atoms with Gasteiger partial charge in [0.15, 0.2) is 0 Å². The molecule has 3 aromatic rings. The van der Waals surface area contributed by atoms with E-state index in [1.807, 2.05) is 12.1 Å². The smallest absolute Gasteiger partial charge is 0.257 e. The number of rotatable bonds is 6. The van der Waals surface area contributed by atoms with Gasteiger partial charge >= 0.3 is 0 Å². The summed E-state index contributed by atoms with van der Waals surface area (Å²) in [4.78, 5) is 19.8. The predicted molar refractivity (Wildman–Crippen MR) is 129 cm³/mol. The summed E-state index contributed by atoms with van der Waals surface area (Å²) in [7, 11) is -1.91. The number of piperidine rings is 1. The third-order valence-electron chi connectivity index (χ3n) is 6.65. The van der Waals surface area contributed by atoms with Crippen LogP contribution in [0.1, 0.15) is 47.8 Å². The number of likely N-dealkylation sites (tertiary alicyclic amines) is 1. The normalized spacial score (nSPS) is 19.1. The number of methoxy groups -OCH3 is 1. The first-order chi connectivity index (χ1) is 17.0. The van der Waals surface area contributed by atoms with Crippen LogP contribution in [0.3, 0.4) is 0 Å². The Morgan fingerprint density at radius 2 is 1.77 bits per heavy atom. The van der Waals surface area contributed by atoms with E-state index in [1.165, 1.54) is 4.31 Å². The summed E-state index contributed by atoms with van der Waals surface area (Å²) in [6.45, 7) is 2.26. The lowest BCUT2D eigenvalue weighted by Gasteiger charge is -2.31. The van der Waals surface area contributed by atoms with Gasteiger partial charge in [-0.15, -0.1) is 0 Å². The van der Waals surface area contributed by atoms with Gasteiger partial charge in [-0.05, 0) is 62.1 Å². The van der Waals surface area contributed by atoms with E-state index in [2.05, 4.69) is 10.1 Å². The second kappa shape index (κ2) is 9.79. The first-order valence-corrected chi connectivity index (χ1v) is 13.3. The van der Waals surface area contributed by atoms with Crippen molar-refractivity contribution in [2.24, 2.45) is 0 Å². The summed E-state index contributed by atoms with van der Waals surface area (Å²) in [5.41, 5.74) is 1.21. The monoisotopic (exact) mass is 496 g/mol. The standard InChI is InChI=1S/C25H28N4O5S/c1-33-22-9-3-2-8-21(22)25(30)28-14-6-7-19(17-28)24-26-23(27-34-24)18-10-12-20(13-11-18)35(31,32)29-15-4-5-16-29/h2-3,8-13,19H,4-7,14-17H2,1H3. The molecule has 5 rings (SSSR count). The Kier molecular flexibility index (Phi) is 6.57. The maximum atomic E-state index is 13.1. The van der Waals surface area contributed by atoms with Crippen molar-refractivity contribution < 1.29 is 22.5 Å². The lowest BCUT2D eigenvalue weighted by atomic mass is 9.97. The third-order valence-corrected chi connectivity index (χ3v) is 8.57. The van der Waals surface area contributed by atoms with Crippen LogP contribution in [0.25, 0.3) is 11.4 Å². The molecule has 9 nitrogen and oxygen atoms in total. The zero-order valence-electron chi connectivity index (χ0n) is 19.6. The van der Waals surface area contributed by atoms with Crippen molar-refractivity contribution in [2.75, 3.05) is 33.3 Å². The SMILES string of the molecule is COc1ccccc1C(=O)N1CCCC(c2nc(-c3ccc(S(=O)(=O)N4CCCC4)cc3)no2)C1. The molecule has 2 saturated heterocycles. The van der Waals surface area contributed by atoms with Crippen LogP contribution < -0.4 is 4.74 Å². The Balaban J connectivity index is 1.30. The van der Waals surface area contributed by atoms with Gasteiger partial charge in [-0.1, -0.05) is 17.3 Å². The van der Waals surface area contributed by atoms with Gasteiger partial charge in [-0.3, -0.25) is 4.79 Å². The first kappa shape index (κ1) is 23.5. The molecule has 0 saturated carbocycles. The molecule has 1 aromatic heterocycles. The molecule has 0 radical (unpaired) electrons. The van der Waals surface area contributed by atoms with E-state index in [0.717, 1.165) is 25.7 Å². The Morgan fingerprint density at radius 3 is 2.51 bits per heavy atom. The highest BCUT2D eigenvalue weighted by Gasteiger charge is 2.31. The predicted octanol–water partition coefficient (Wildman–Crippen LogP) is 3.55. The van der Waals surface area contributed by atoms with Gasteiger partial charge < -0.3 is 14.2 Å². The van der Waals surface area contributed by atoms with E-state index in [4.69, 9.17) is 9.26 Å². The molecule has 1 unspecified atom stereocenters. The molecule has 0 bridgehead atoms. The van der Waals surface area contributed by atoms with Crippen molar-refractivity contribution in [1.29, 1.82) is 0 Å². The minimum absolute atomic E-state index is 0.0709. The molecule has 2 aromatic carbocycles. The molecule has 3 heterocycles. The minimum atomic E-state index is -3.47. The van der Waals surface area contributed by atoms with E-state index in [0.29, 0.717) is 54.8 Å². The van der Waals surface area contributed by atoms with Gasteiger partial charge in [0.1, 0.15) is 5.75 Å². The average Bonchev–Trinajstić information content (AvgIpc) is 3.62. The number of para-hydroxylation sites is 1. The Bertz CT molecular complexity index is 1300. The Morgan fingerprint density at radius 1 is 1.03 bits per heavy atom. The van der Waals surface area contributed by atoms with Gasteiger partial charge in [-0.2, -0.15) is 9.29 Å². The first-order valence-electron chi connectivity index (χ1n) is 11.8. The molecule has 2 aliphatic rings. The van der Waals surface area contributed by atoms with E-state index in [-0.39, 0.29) is 16.7 Å². The fourth-order valence-corrected chi connectivity index (χ4v) is 6.24. The van der Waals surface area contributed by atoms with Crippen LogP contribution in [0.5, 0.6) is 5.75 Å². The van der Waals surface area contributed by atoms with Gasteiger partial charge in [-0.25, -0.2) is 8.42 Å². The minimum Gasteiger partial charge on any atom is -0.496 e. The molecule has 10 heteroatoms. The number of hydrogen-bond donors (Lipinski definition) is 0. The molecule has 2 aliphatic heterocycles. The van der Waals surface area contributed by atoms with E-state index < -0.39 is 10.0 Å². The summed E-state index contributed by atoms with van der Waals surface area (Å²) >= 11 is 0. The molecular formula is C25H28N4O5S. The molecule has 1 amide bonds. The second-order valence-electron chi connectivity index (χ2n) is 8.88. The lowest BCUT2D eigenvalue weighted by Crippen LogP contribution is -2.39. The lowest BCUT2D eigenvalue weighted by molar-refractivity contribution is 0.0692. The zero-order valence-corrected chi connectivity index (χ0v) is 20.4. The number of ether oxygens (including phenoxy) is 1. The highest BCUT2D eigenvalue weighted by Crippen LogP contribution is 2.30. The van der Waals surface area contributed by atoms with Crippen molar-refractivity contribution in [3.63, 3.8) is 0 Å². The molecule has 35 heavy (non-hydrogen) atoms. The van der Waals surface area contributed by atoms with Crippen molar-refractivity contribution in [2.45, 2.75) is 36.5 Å². The number of sulfonamides is 1. The van der Waals surface area contributed by atoms with Crippen LogP contribution >= 0.6 is 0 Å². The van der Waals surface area contributed by atoms with Gasteiger partial charge in [0.2, 0.25) is 21.7 Å². The number of nitrogens with zero attached hydrogens (tertiary/aromatic N) is 4. The fraction of sp³-hybridized carbons (Fsp3) is 0.400. The molecular weight excluding hydrogens is 468 g/mol. The highest BCUT2D eigenvalue weighted by molar-refractivity contribution is 7.89. The van der Waals surface area contributed by atoms with Gasteiger partial charge in [0, 0.05) is 31.7 Å². The molecule has 2 fully saturated rings. The maximum absolute atomic E-state index is 13.1. The number of aromatic nitrogens is 2. The van der Waals surface area contributed by atoms with Crippen molar-refractivity contribution in [3.8, 4) is 17.1 Å².